The first-order valence-corrected chi connectivity index (χ1v) is 7.71. The summed E-state index contributed by atoms with van der Waals surface area (Å²) in [5.41, 5.74) is 0.913. The van der Waals surface area contributed by atoms with Gasteiger partial charge in [0.05, 0.1) is 12.0 Å². The molecule has 0 unspecified atom stereocenters. The number of benzene rings is 1. The number of amides is 3. The van der Waals surface area contributed by atoms with Crippen molar-refractivity contribution in [1.29, 1.82) is 0 Å². The second kappa shape index (κ2) is 5.23. The van der Waals surface area contributed by atoms with Gasteiger partial charge in [-0.15, -0.1) is 0 Å². The average molecular weight is 300 g/mol. The van der Waals surface area contributed by atoms with Crippen LogP contribution >= 0.6 is 0 Å². The molecule has 2 fully saturated rings. The Morgan fingerprint density at radius 3 is 2.18 bits per heavy atom. The molecular formula is C17H20N2O3. The lowest BCUT2D eigenvalue weighted by atomic mass is 9.88. The van der Waals surface area contributed by atoms with E-state index in [1.807, 2.05) is 44.2 Å². The van der Waals surface area contributed by atoms with Gasteiger partial charge in [-0.25, -0.2) is 0 Å². The summed E-state index contributed by atoms with van der Waals surface area (Å²) in [5, 5.41) is 0. The van der Waals surface area contributed by atoms with Gasteiger partial charge in [0, 0.05) is 12.6 Å². The molecule has 116 valence electrons. The largest absolute Gasteiger partial charge is 0.332 e. The highest BCUT2D eigenvalue weighted by atomic mass is 16.2. The van der Waals surface area contributed by atoms with Crippen LogP contribution in [-0.4, -0.2) is 40.1 Å². The Hall–Kier alpha value is -2.17. The summed E-state index contributed by atoms with van der Waals surface area (Å²) >= 11 is 0. The molecule has 0 radical (unpaired) electrons. The van der Waals surface area contributed by atoms with Gasteiger partial charge in [-0.3, -0.25) is 19.3 Å². The van der Waals surface area contributed by atoms with Crippen LogP contribution in [0.4, 0.5) is 0 Å². The van der Waals surface area contributed by atoms with E-state index >= 15 is 0 Å². The number of imide groups is 1. The average Bonchev–Trinajstić information content (AvgIpc) is 2.94. The summed E-state index contributed by atoms with van der Waals surface area (Å²) in [7, 11) is 0. The zero-order chi connectivity index (χ0) is 16.0. The van der Waals surface area contributed by atoms with Crippen LogP contribution < -0.4 is 0 Å². The number of rotatable bonds is 3. The number of nitrogens with zero attached hydrogens (tertiary/aromatic N) is 2. The fraction of sp³-hybridized carbons (Fsp3) is 0.471. The van der Waals surface area contributed by atoms with Gasteiger partial charge in [-0.2, -0.15) is 0 Å². The maximum atomic E-state index is 12.8. The molecule has 22 heavy (non-hydrogen) atoms. The molecular weight excluding hydrogens is 280 g/mol. The maximum absolute atomic E-state index is 12.8. The lowest BCUT2D eigenvalue weighted by Crippen LogP contribution is -2.42. The molecule has 3 amide bonds. The highest BCUT2D eigenvalue weighted by Gasteiger charge is 2.62. The monoisotopic (exact) mass is 300 g/mol. The molecule has 1 aromatic carbocycles. The summed E-state index contributed by atoms with van der Waals surface area (Å²) in [4.78, 5) is 40.8. The minimum Gasteiger partial charge on any atom is -0.332 e. The van der Waals surface area contributed by atoms with Crippen molar-refractivity contribution in [2.75, 3.05) is 6.54 Å². The molecule has 2 aliphatic rings. The zero-order valence-electron chi connectivity index (χ0n) is 13.0. The van der Waals surface area contributed by atoms with Gasteiger partial charge in [0.25, 0.3) is 0 Å². The van der Waals surface area contributed by atoms with Crippen LogP contribution in [0.1, 0.15) is 32.4 Å². The molecule has 3 atom stereocenters. The van der Waals surface area contributed by atoms with Gasteiger partial charge in [0.15, 0.2) is 0 Å². The number of fused-ring (bicyclic) bond motifs is 1. The van der Waals surface area contributed by atoms with E-state index in [1.54, 1.807) is 11.8 Å². The predicted molar refractivity (Wildman–Crippen MR) is 80.5 cm³/mol. The first-order chi connectivity index (χ1) is 10.5. The van der Waals surface area contributed by atoms with E-state index in [0.29, 0.717) is 6.54 Å². The summed E-state index contributed by atoms with van der Waals surface area (Å²) in [6, 6.07) is 9.11. The Kier molecular flexibility index (Phi) is 3.51. The maximum Gasteiger partial charge on any atom is 0.242 e. The molecule has 1 aromatic rings. The first kappa shape index (κ1) is 14.8. The van der Waals surface area contributed by atoms with Gasteiger partial charge in [0.1, 0.15) is 5.92 Å². The molecule has 3 rings (SSSR count). The molecule has 0 N–H and O–H groups in total. The normalized spacial score (nSPS) is 28.0. The lowest BCUT2D eigenvalue weighted by Gasteiger charge is -2.32. The van der Waals surface area contributed by atoms with E-state index in [4.69, 9.17) is 0 Å². The first-order valence-electron chi connectivity index (χ1n) is 7.71. The van der Waals surface area contributed by atoms with Crippen molar-refractivity contribution in [1.82, 2.24) is 9.80 Å². The van der Waals surface area contributed by atoms with Gasteiger partial charge in [0.2, 0.25) is 17.7 Å². The highest BCUT2D eigenvalue weighted by Crippen LogP contribution is 2.47. The lowest BCUT2D eigenvalue weighted by molar-refractivity contribution is -0.145. The fourth-order valence-electron chi connectivity index (χ4n) is 3.71. The topological polar surface area (TPSA) is 57.7 Å². The van der Waals surface area contributed by atoms with Crippen molar-refractivity contribution in [2.45, 2.75) is 32.9 Å². The summed E-state index contributed by atoms with van der Waals surface area (Å²) < 4.78 is 0. The van der Waals surface area contributed by atoms with Crippen LogP contribution in [0, 0.1) is 11.8 Å². The van der Waals surface area contributed by atoms with Crippen LogP contribution in [-0.2, 0) is 14.4 Å². The molecule has 0 aromatic heterocycles. The van der Waals surface area contributed by atoms with E-state index in [9.17, 15) is 14.4 Å². The van der Waals surface area contributed by atoms with Crippen LogP contribution in [0.25, 0.3) is 0 Å². The van der Waals surface area contributed by atoms with E-state index in [1.165, 1.54) is 4.90 Å². The number of hydrogen-bond acceptors (Lipinski definition) is 3. The van der Waals surface area contributed by atoms with Crippen LogP contribution in [0.2, 0.25) is 0 Å². The second-order valence-corrected chi connectivity index (χ2v) is 6.12. The fourth-order valence-corrected chi connectivity index (χ4v) is 3.71. The Bertz CT molecular complexity index is 626. The molecule has 5 heteroatoms. The number of hydrogen-bond donors (Lipinski definition) is 0. The standard InChI is InChI=1S/C17H20N2O3/c1-4-18-15(20)12-13(16(18)21)17(22)19(10(2)3)14(12)11-8-6-5-7-9-11/h5-10,12-14H,4H2,1-3H3/t12-,13-,14+/m0/s1. The number of carbonyl (C=O) groups is 3. The van der Waals surface area contributed by atoms with Gasteiger partial charge >= 0.3 is 0 Å². The zero-order valence-corrected chi connectivity index (χ0v) is 13.0. The van der Waals surface area contributed by atoms with Crippen LogP contribution in [0.3, 0.4) is 0 Å². The predicted octanol–water partition coefficient (Wildman–Crippen LogP) is 1.60. The summed E-state index contributed by atoms with van der Waals surface area (Å²) in [6.45, 7) is 5.92. The molecule has 0 saturated carbocycles. The van der Waals surface area contributed by atoms with Crippen molar-refractivity contribution < 1.29 is 14.4 Å². The SMILES string of the molecule is CCN1C(=O)[C@H]2C(=O)N(C(C)C)[C@H](c3ccccc3)[C@H]2C1=O. The van der Waals surface area contributed by atoms with Crippen molar-refractivity contribution in [2.24, 2.45) is 11.8 Å². The van der Waals surface area contributed by atoms with Crippen molar-refractivity contribution in [3.8, 4) is 0 Å². The van der Waals surface area contributed by atoms with Crippen molar-refractivity contribution in [3.05, 3.63) is 35.9 Å². The van der Waals surface area contributed by atoms with Crippen molar-refractivity contribution >= 4 is 17.7 Å². The third-order valence-electron chi connectivity index (χ3n) is 4.62. The minimum absolute atomic E-state index is 0.0565. The third kappa shape index (κ3) is 1.88. The van der Waals surface area contributed by atoms with E-state index < -0.39 is 11.8 Å². The van der Waals surface area contributed by atoms with E-state index in [0.717, 1.165) is 5.56 Å². The minimum atomic E-state index is -0.847. The molecule has 0 aliphatic carbocycles. The molecule has 2 saturated heterocycles. The third-order valence-corrected chi connectivity index (χ3v) is 4.62. The van der Waals surface area contributed by atoms with Gasteiger partial charge in [-0.05, 0) is 26.3 Å². The highest BCUT2D eigenvalue weighted by molar-refractivity contribution is 6.17. The van der Waals surface area contributed by atoms with Crippen molar-refractivity contribution in [3.63, 3.8) is 0 Å². The Balaban J connectivity index is 2.11. The Labute approximate surface area is 129 Å². The number of carbonyl (C=O) groups excluding carboxylic acids is 3. The van der Waals surface area contributed by atoms with E-state index in [2.05, 4.69) is 0 Å². The number of likely N-dealkylation sites (tertiary alicyclic amines) is 2. The molecule has 2 aliphatic heterocycles. The molecule has 0 bridgehead atoms. The molecule has 0 spiro atoms. The Morgan fingerprint density at radius 2 is 1.64 bits per heavy atom. The smallest absolute Gasteiger partial charge is 0.242 e. The molecule has 5 nitrogen and oxygen atoms in total. The second-order valence-electron chi connectivity index (χ2n) is 6.12. The quantitative estimate of drug-likeness (QED) is 0.629. The summed E-state index contributed by atoms with van der Waals surface area (Å²) in [5.74, 6) is -2.22. The summed E-state index contributed by atoms with van der Waals surface area (Å²) in [6.07, 6.45) is 0. The van der Waals surface area contributed by atoms with Crippen LogP contribution in [0.5, 0.6) is 0 Å². The van der Waals surface area contributed by atoms with Gasteiger partial charge < -0.3 is 4.90 Å². The van der Waals surface area contributed by atoms with E-state index in [-0.39, 0.29) is 29.8 Å². The molecule has 2 heterocycles. The Morgan fingerprint density at radius 1 is 1.00 bits per heavy atom. The van der Waals surface area contributed by atoms with Gasteiger partial charge in [-0.1, -0.05) is 30.3 Å². The van der Waals surface area contributed by atoms with Crippen LogP contribution in [0.15, 0.2) is 30.3 Å².